The van der Waals surface area contributed by atoms with Crippen molar-refractivity contribution in [2.75, 3.05) is 6.61 Å². The first-order chi connectivity index (χ1) is 16.4. The third-order valence-corrected chi connectivity index (χ3v) is 5.77. The number of hydrogen-bond donors (Lipinski definition) is 0. The van der Waals surface area contributed by atoms with Gasteiger partial charge in [-0.2, -0.15) is 0 Å². The Labute approximate surface area is 196 Å². The summed E-state index contributed by atoms with van der Waals surface area (Å²) in [5, 5.41) is 0. The van der Waals surface area contributed by atoms with Crippen LogP contribution >= 0.6 is 0 Å². The van der Waals surface area contributed by atoms with E-state index in [1.807, 2.05) is 12.1 Å². The van der Waals surface area contributed by atoms with Gasteiger partial charge in [-0.15, -0.1) is 0 Å². The third kappa shape index (κ3) is 6.04. The number of nitrogens with zero attached hydrogens (tertiary/aromatic N) is 3. The standard InChI is InChI=1S/C29H31N3O/c1-2-3-4-5-6-13-18-33-27-20-25(23-14-9-7-10-15-23)19-26(24-16-11-8-12-17-24)28(27)29-31-21-30-22-32-29/h7-12,14-17,19-22H,2-6,13,18H2,1H3. The van der Waals surface area contributed by atoms with E-state index in [9.17, 15) is 0 Å². The Kier molecular flexibility index (Phi) is 8.18. The Morgan fingerprint density at radius 3 is 2.00 bits per heavy atom. The van der Waals surface area contributed by atoms with E-state index in [1.54, 1.807) is 12.7 Å². The lowest BCUT2D eigenvalue weighted by Gasteiger charge is -2.18. The molecule has 33 heavy (non-hydrogen) atoms. The second kappa shape index (κ2) is 11.9. The van der Waals surface area contributed by atoms with Crippen LogP contribution in [0.2, 0.25) is 0 Å². The molecule has 0 amide bonds. The molecule has 3 aromatic carbocycles. The van der Waals surface area contributed by atoms with E-state index in [4.69, 9.17) is 4.74 Å². The highest BCUT2D eigenvalue weighted by atomic mass is 16.5. The number of hydrogen-bond acceptors (Lipinski definition) is 4. The number of ether oxygens (including phenoxy) is 1. The van der Waals surface area contributed by atoms with Crippen molar-refractivity contribution in [3.8, 4) is 39.4 Å². The molecule has 0 aliphatic rings. The molecule has 0 radical (unpaired) electrons. The molecule has 0 fully saturated rings. The van der Waals surface area contributed by atoms with Gasteiger partial charge in [0.2, 0.25) is 0 Å². The van der Waals surface area contributed by atoms with Gasteiger partial charge in [0.1, 0.15) is 18.4 Å². The second-order valence-electron chi connectivity index (χ2n) is 8.21. The van der Waals surface area contributed by atoms with Crippen molar-refractivity contribution in [1.29, 1.82) is 0 Å². The van der Waals surface area contributed by atoms with Crippen molar-refractivity contribution in [2.24, 2.45) is 0 Å². The highest BCUT2D eigenvalue weighted by Crippen LogP contribution is 2.41. The third-order valence-electron chi connectivity index (χ3n) is 5.77. The van der Waals surface area contributed by atoms with Crippen molar-refractivity contribution in [2.45, 2.75) is 45.4 Å². The molecule has 168 valence electrons. The monoisotopic (exact) mass is 437 g/mol. The fourth-order valence-electron chi connectivity index (χ4n) is 4.04. The van der Waals surface area contributed by atoms with Crippen LogP contribution in [0.3, 0.4) is 0 Å². The molecule has 0 aliphatic carbocycles. The summed E-state index contributed by atoms with van der Waals surface area (Å²) in [5.41, 5.74) is 5.34. The zero-order chi connectivity index (χ0) is 22.7. The zero-order valence-corrected chi connectivity index (χ0v) is 19.3. The van der Waals surface area contributed by atoms with Crippen LogP contribution in [0.5, 0.6) is 5.75 Å². The molecule has 0 unspecified atom stereocenters. The van der Waals surface area contributed by atoms with Crippen LogP contribution in [0.1, 0.15) is 45.4 Å². The van der Waals surface area contributed by atoms with E-state index in [-0.39, 0.29) is 0 Å². The normalized spacial score (nSPS) is 10.8. The van der Waals surface area contributed by atoms with Gasteiger partial charge in [-0.25, -0.2) is 15.0 Å². The summed E-state index contributed by atoms with van der Waals surface area (Å²) in [6.45, 7) is 2.92. The predicted molar refractivity (Wildman–Crippen MR) is 135 cm³/mol. The van der Waals surface area contributed by atoms with Crippen molar-refractivity contribution in [3.63, 3.8) is 0 Å². The van der Waals surface area contributed by atoms with Crippen molar-refractivity contribution in [1.82, 2.24) is 15.0 Å². The minimum absolute atomic E-state index is 0.626. The summed E-state index contributed by atoms with van der Waals surface area (Å²) in [5.74, 6) is 1.44. The molecule has 4 aromatic rings. The highest BCUT2D eigenvalue weighted by molar-refractivity contribution is 5.89. The van der Waals surface area contributed by atoms with E-state index in [0.29, 0.717) is 12.4 Å². The number of aromatic nitrogens is 3. The summed E-state index contributed by atoms with van der Waals surface area (Å²) in [7, 11) is 0. The second-order valence-corrected chi connectivity index (χ2v) is 8.21. The minimum Gasteiger partial charge on any atom is -0.493 e. The molecular formula is C29H31N3O. The van der Waals surface area contributed by atoms with Crippen molar-refractivity contribution >= 4 is 0 Å². The molecule has 0 aliphatic heterocycles. The van der Waals surface area contributed by atoms with Crippen molar-refractivity contribution in [3.05, 3.63) is 85.5 Å². The van der Waals surface area contributed by atoms with Gasteiger partial charge < -0.3 is 4.74 Å². The molecular weight excluding hydrogens is 406 g/mol. The van der Waals surface area contributed by atoms with E-state index < -0.39 is 0 Å². The van der Waals surface area contributed by atoms with Crippen LogP contribution in [0.15, 0.2) is 85.5 Å². The van der Waals surface area contributed by atoms with Gasteiger partial charge in [0, 0.05) is 0 Å². The van der Waals surface area contributed by atoms with Crippen molar-refractivity contribution < 1.29 is 4.74 Å². The number of rotatable bonds is 11. The zero-order valence-electron chi connectivity index (χ0n) is 19.3. The summed E-state index contributed by atoms with van der Waals surface area (Å²) in [4.78, 5) is 13.0. The lowest BCUT2D eigenvalue weighted by molar-refractivity contribution is 0.305. The lowest BCUT2D eigenvalue weighted by atomic mass is 9.93. The van der Waals surface area contributed by atoms with Gasteiger partial charge >= 0.3 is 0 Å². The topological polar surface area (TPSA) is 47.9 Å². The van der Waals surface area contributed by atoms with Crippen LogP contribution in [0.4, 0.5) is 0 Å². The molecule has 4 nitrogen and oxygen atoms in total. The Bertz CT molecular complexity index is 1120. The van der Waals surface area contributed by atoms with E-state index >= 15 is 0 Å². The summed E-state index contributed by atoms with van der Waals surface area (Å²) in [6, 6.07) is 25.1. The van der Waals surface area contributed by atoms with Crippen LogP contribution in [0, 0.1) is 0 Å². The first-order valence-corrected chi connectivity index (χ1v) is 11.9. The van der Waals surface area contributed by atoms with Crippen LogP contribution in [-0.2, 0) is 0 Å². The van der Waals surface area contributed by atoms with Gasteiger partial charge in [0.05, 0.1) is 12.2 Å². The molecule has 0 saturated carbocycles. The van der Waals surface area contributed by atoms with Gasteiger partial charge in [0.25, 0.3) is 0 Å². The van der Waals surface area contributed by atoms with Gasteiger partial charge in [0.15, 0.2) is 5.82 Å². The average Bonchev–Trinajstić information content (AvgIpc) is 2.89. The van der Waals surface area contributed by atoms with Crippen LogP contribution in [0.25, 0.3) is 33.6 Å². The van der Waals surface area contributed by atoms with Gasteiger partial charge in [-0.1, -0.05) is 99.7 Å². The van der Waals surface area contributed by atoms with Gasteiger partial charge in [-0.3, -0.25) is 0 Å². The lowest BCUT2D eigenvalue weighted by Crippen LogP contribution is -2.02. The maximum atomic E-state index is 6.42. The molecule has 0 atom stereocenters. The van der Waals surface area contributed by atoms with E-state index in [0.717, 1.165) is 40.0 Å². The van der Waals surface area contributed by atoms with Crippen LogP contribution < -0.4 is 4.74 Å². The quantitative estimate of drug-likeness (QED) is 0.227. The van der Waals surface area contributed by atoms with Crippen LogP contribution in [-0.4, -0.2) is 21.6 Å². The molecule has 1 aromatic heterocycles. The van der Waals surface area contributed by atoms with E-state index in [1.165, 1.54) is 32.1 Å². The maximum Gasteiger partial charge on any atom is 0.167 e. The smallest absolute Gasteiger partial charge is 0.167 e. The first-order valence-electron chi connectivity index (χ1n) is 11.9. The molecule has 4 rings (SSSR count). The SMILES string of the molecule is CCCCCCCCOc1cc(-c2ccccc2)cc(-c2ccccc2)c1-c1ncncn1. The molecule has 0 saturated heterocycles. The Morgan fingerprint density at radius 1 is 0.667 bits per heavy atom. The Morgan fingerprint density at radius 2 is 1.30 bits per heavy atom. The predicted octanol–water partition coefficient (Wildman–Crippen LogP) is 7.61. The Balaban J connectivity index is 1.73. The number of unbranched alkanes of at least 4 members (excludes halogenated alkanes) is 5. The molecule has 0 bridgehead atoms. The largest absolute Gasteiger partial charge is 0.493 e. The van der Waals surface area contributed by atoms with E-state index in [2.05, 4.69) is 82.5 Å². The highest BCUT2D eigenvalue weighted by Gasteiger charge is 2.18. The number of benzene rings is 3. The maximum absolute atomic E-state index is 6.42. The first kappa shape index (κ1) is 22.7. The fraction of sp³-hybridized carbons (Fsp3) is 0.276. The minimum atomic E-state index is 0.626. The summed E-state index contributed by atoms with van der Waals surface area (Å²) in [6.07, 6.45) is 10.4. The Hall–Kier alpha value is -3.53. The van der Waals surface area contributed by atoms with Gasteiger partial charge in [-0.05, 0) is 40.8 Å². The molecule has 0 N–H and O–H groups in total. The molecule has 4 heteroatoms. The summed E-state index contributed by atoms with van der Waals surface area (Å²) < 4.78 is 6.42. The summed E-state index contributed by atoms with van der Waals surface area (Å²) >= 11 is 0. The fourth-order valence-corrected chi connectivity index (χ4v) is 4.04. The molecule has 1 heterocycles. The molecule has 0 spiro atoms. The average molecular weight is 438 g/mol.